The summed E-state index contributed by atoms with van der Waals surface area (Å²) in [5, 5.41) is 0. The highest BCUT2D eigenvalue weighted by Crippen LogP contribution is 2.20. The van der Waals surface area contributed by atoms with Gasteiger partial charge in [0.1, 0.15) is 0 Å². The van der Waals surface area contributed by atoms with Gasteiger partial charge in [0.05, 0.1) is 6.61 Å². The molecule has 0 spiro atoms. The van der Waals surface area contributed by atoms with Gasteiger partial charge in [-0.2, -0.15) is 0 Å². The van der Waals surface area contributed by atoms with E-state index < -0.39 is 0 Å². The minimum absolute atomic E-state index is 0.600. The largest absolute Gasteiger partial charge is 0.478 e. The SMILES string of the molecule is CCCC(C)c1ccc(OCC)nc1. The Balaban J connectivity index is 2.62. The van der Waals surface area contributed by atoms with Crippen LogP contribution in [0.5, 0.6) is 5.88 Å². The van der Waals surface area contributed by atoms with Gasteiger partial charge in [-0.25, -0.2) is 4.98 Å². The number of ether oxygens (including phenoxy) is 1. The lowest BCUT2D eigenvalue weighted by molar-refractivity contribution is 0.326. The van der Waals surface area contributed by atoms with Crippen molar-refractivity contribution in [3.8, 4) is 5.88 Å². The molecular weight excluding hydrogens is 174 g/mol. The Morgan fingerprint density at radius 3 is 2.64 bits per heavy atom. The maximum absolute atomic E-state index is 5.29. The summed E-state index contributed by atoms with van der Waals surface area (Å²) in [6, 6.07) is 4.06. The number of rotatable bonds is 5. The molecule has 1 heterocycles. The summed E-state index contributed by atoms with van der Waals surface area (Å²) < 4.78 is 5.29. The van der Waals surface area contributed by atoms with E-state index in [4.69, 9.17) is 4.74 Å². The molecule has 0 amide bonds. The number of nitrogens with zero attached hydrogens (tertiary/aromatic N) is 1. The van der Waals surface area contributed by atoms with Crippen LogP contribution in [0.15, 0.2) is 18.3 Å². The molecule has 0 bridgehead atoms. The highest BCUT2D eigenvalue weighted by molar-refractivity contribution is 5.20. The van der Waals surface area contributed by atoms with Crippen LogP contribution >= 0.6 is 0 Å². The first-order valence-electron chi connectivity index (χ1n) is 5.36. The molecular formula is C12H19NO. The Morgan fingerprint density at radius 2 is 2.14 bits per heavy atom. The van der Waals surface area contributed by atoms with Crippen molar-refractivity contribution in [2.24, 2.45) is 0 Å². The van der Waals surface area contributed by atoms with Crippen molar-refractivity contribution >= 4 is 0 Å². The molecule has 0 saturated carbocycles. The van der Waals surface area contributed by atoms with Crippen LogP contribution in [0.3, 0.4) is 0 Å². The van der Waals surface area contributed by atoms with Gasteiger partial charge in [0.2, 0.25) is 5.88 Å². The van der Waals surface area contributed by atoms with Crippen LogP contribution in [-0.4, -0.2) is 11.6 Å². The van der Waals surface area contributed by atoms with Gasteiger partial charge in [0.15, 0.2) is 0 Å². The standard InChI is InChI=1S/C12H19NO/c1-4-6-10(3)11-7-8-12(13-9-11)14-5-2/h7-10H,4-6H2,1-3H3. The second kappa shape index (κ2) is 5.63. The minimum Gasteiger partial charge on any atom is -0.478 e. The quantitative estimate of drug-likeness (QED) is 0.715. The van der Waals surface area contributed by atoms with Crippen molar-refractivity contribution in [2.45, 2.75) is 39.5 Å². The summed E-state index contributed by atoms with van der Waals surface area (Å²) >= 11 is 0. The van der Waals surface area contributed by atoms with Gasteiger partial charge in [-0.15, -0.1) is 0 Å². The Labute approximate surface area is 86.3 Å². The lowest BCUT2D eigenvalue weighted by Gasteiger charge is -2.10. The predicted molar refractivity (Wildman–Crippen MR) is 58.7 cm³/mol. The van der Waals surface area contributed by atoms with Gasteiger partial charge < -0.3 is 4.74 Å². The van der Waals surface area contributed by atoms with Crippen LogP contribution < -0.4 is 4.74 Å². The van der Waals surface area contributed by atoms with E-state index in [0.29, 0.717) is 12.5 Å². The van der Waals surface area contributed by atoms with Crippen molar-refractivity contribution in [1.29, 1.82) is 0 Å². The van der Waals surface area contributed by atoms with Crippen LogP contribution in [0.25, 0.3) is 0 Å². The molecule has 0 aliphatic heterocycles. The highest BCUT2D eigenvalue weighted by Gasteiger charge is 2.04. The topological polar surface area (TPSA) is 22.1 Å². The Bertz CT molecular complexity index is 256. The monoisotopic (exact) mass is 193 g/mol. The second-order valence-corrected chi connectivity index (χ2v) is 3.55. The first-order valence-corrected chi connectivity index (χ1v) is 5.36. The fourth-order valence-corrected chi connectivity index (χ4v) is 1.52. The Kier molecular flexibility index (Phi) is 4.44. The van der Waals surface area contributed by atoms with Crippen LogP contribution in [-0.2, 0) is 0 Å². The van der Waals surface area contributed by atoms with Crippen molar-refractivity contribution in [2.75, 3.05) is 6.61 Å². The summed E-state index contributed by atoms with van der Waals surface area (Å²) in [4.78, 5) is 4.25. The van der Waals surface area contributed by atoms with Crippen LogP contribution in [0.1, 0.15) is 45.1 Å². The molecule has 1 aromatic rings. The normalized spacial score (nSPS) is 12.5. The molecule has 2 nitrogen and oxygen atoms in total. The minimum atomic E-state index is 0.600. The van der Waals surface area contributed by atoms with Crippen molar-refractivity contribution < 1.29 is 4.74 Å². The number of hydrogen-bond donors (Lipinski definition) is 0. The zero-order valence-corrected chi connectivity index (χ0v) is 9.29. The molecule has 0 saturated heterocycles. The third-order valence-electron chi connectivity index (χ3n) is 2.34. The van der Waals surface area contributed by atoms with Gasteiger partial charge in [0, 0.05) is 12.3 Å². The number of pyridine rings is 1. The van der Waals surface area contributed by atoms with E-state index in [9.17, 15) is 0 Å². The second-order valence-electron chi connectivity index (χ2n) is 3.55. The molecule has 1 aromatic heterocycles. The van der Waals surface area contributed by atoms with Gasteiger partial charge >= 0.3 is 0 Å². The van der Waals surface area contributed by atoms with Gasteiger partial charge in [-0.05, 0) is 24.8 Å². The fourth-order valence-electron chi connectivity index (χ4n) is 1.52. The summed E-state index contributed by atoms with van der Waals surface area (Å²) in [6.07, 6.45) is 4.36. The maximum atomic E-state index is 5.29. The molecule has 0 fully saturated rings. The average molecular weight is 193 g/mol. The lowest BCUT2D eigenvalue weighted by atomic mass is 9.98. The lowest BCUT2D eigenvalue weighted by Crippen LogP contribution is -1.97. The van der Waals surface area contributed by atoms with E-state index in [1.54, 1.807) is 0 Å². The third-order valence-corrected chi connectivity index (χ3v) is 2.34. The molecule has 0 aliphatic rings. The molecule has 0 aliphatic carbocycles. The summed E-state index contributed by atoms with van der Waals surface area (Å²) in [5.74, 6) is 1.32. The van der Waals surface area contributed by atoms with E-state index in [-0.39, 0.29) is 0 Å². The molecule has 2 heteroatoms. The van der Waals surface area contributed by atoms with Crippen molar-refractivity contribution in [3.63, 3.8) is 0 Å². The van der Waals surface area contributed by atoms with Gasteiger partial charge in [-0.3, -0.25) is 0 Å². The van der Waals surface area contributed by atoms with Gasteiger partial charge in [-0.1, -0.05) is 26.3 Å². The predicted octanol–water partition coefficient (Wildman–Crippen LogP) is 3.38. The molecule has 14 heavy (non-hydrogen) atoms. The number of aromatic nitrogens is 1. The number of hydrogen-bond acceptors (Lipinski definition) is 2. The van der Waals surface area contributed by atoms with E-state index >= 15 is 0 Å². The molecule has 1 rings (SSSR count). The van der Waals surface area contributed by atoms with Crippen molar-refractivity contribution in [3.05, 3.63) is 23.9 Å². The van der Waals surface area contributed by atoms with E-state index in [1.807, 2.05) is 19.2 Å². The van der Waals surface area contributed by atoms with Crippen LogP contribution in [0, 0.1) is 0 Å². The zero-order chi connectivity index (χ0) is 10.4. The van der Waals surface area contributed by atoms with Crippen LogP contribution in [0.4, 0.5) is 0 Å². The Morgan fingerprint density at radius 1 is 1.36 bits per heavy atom. The summed E-state index contributed by atoms with van der Waals surface area (Å²) in [7, 11) is 0. The first kappa shape index (κ1) is 11.0. The molecule has 0 N–H and O–H groups in total. The van der Waals surface area contributed by atoms with Crippen LogP contribution in [0.2, 0.25) is 0 Å². The zero-order valence-electron chi connectivity index (χ0n) is 9.29. The smallest absolute Gasteiger partial charge is 0.213 e. The van der Waals surface area contributed by atoms with E-state index in [0.717, 1.165) is 5.88 Å². The molecule has 1 atom stereocenters. The van der Waals surface area contributed by atoms with E-state index in [2.05, 4.69) is 24.9 Å². The molecule has 78 valence electrons. The molecule has 0 aromatic carbocycles. The average Bonchev–Trinajstić information content (AvgIpc) is 2.20. The maximum Gasteiger partial charge on any atom is 0.213 e. The molecule has 0 radical (unpaired) electrons. The van der Waals surface area contributed by atoms with Gasteiger partial charge in [0.25, 0.3) is 0 Å². The highest BCUT2D eigenvalue weighted by atomic mass is 16.5. The van der Waals surface area contributed by atoms with E-state index in [1.165, 1.54) is 18.4 Å². The summed E-state index contributed by atoms with van der Waals surface area (Å²) in [6.45, 7) is 7.09. The fraction of sp³-hybridized carbons (Fsp3) is 0.583. The summed E-state index contributed by atoms with van der Waals surface area (Å²) in [5.41, 5.74) is 1.30. The first-order chi connectivity index (χ1) is 6.77. The third kappa shape index (κ3) is 3.02. The van der Waals surface area contributed by atoms with Crippen molar-refractivity contribution in [1.82, 2.24) is 4.98 Å². The Hall–Kier alpha value is -1.05. The molecule has 1 unspecified atom stereocenters.